The average molecular weight is 386 g/mol. The minimum Gasteiger partial charge on any atom is -0.324 e. The fourth-order valence-electron chi connectivity index (χ4n) is 5.17. The number of carbonyl (C=O) groups excluding carboxylic acids is 3. The SMILES string of the molecule is CCc1cccc(C)c1NC(=O)CN1C(=O)N[C@]2(C[C@@H](C)CC(C)(C)C2)C1=O. The van der Waals surface area contributed by atoms with E-state index in [0.29, 0.717) is 18.8 Å². The van der Waals surface area contributed by atoms with Gasteiger partial charge in [-0.05, 0) is 55.1 Å². The summed E-state index contributed by atoms with van der Waals surface area (Å²) in [5.74, 6) is -0.290. The highest BCUT2D eigenvalue weighted by Gasteiger charge is 2.56. The molecule has 0 unspecified atom stereocenters. The van der Waals surface area contributed by atoms with Gasteiger partial charge in [0.1, 0.15) is 12.1 Å². The molecule has 28 heavy (non-hydrogen) atoms. The van der Waals surface area contributed by atoms with Crippen LogP contribution in [-0.2, 0) is 16.0 Å². The van der Waals surface area contributed by atoms with E-state index in [9.17, 15) is 14.4 Å². The van der Waals surface area contributed by atoms with E-state index in [1.165, 1.54) is 0 Å². The minimum absolute atomic E-state index is 0.0317. The first-order chi connectivity index (χ1) is 13.1. The van der Waals surface area contributed by atoms with Gasteiger partial charge >= 0.3 is 6.03 Å². The molecule has 1 aliphatic heterocycles. The maximum absolute atomic E-state index is 13.2. The molecule has 0 aromatic heterocycles. The van der Waals surface area contributed by atoms with Crippen LogP contribution in [0.5, 0.6) is 0 Å². The summed E-state index contributed by atoms with van der Waals surface area (Å²) in [6, 6.07) is 5.39. The Morgan fingerprint density at radius 3 is 2.64 bits per heavy atom. The topological polar surface area (TPSA) is 78.5 Å². The van der Waals surface area contributed by atoms with E-state index in [4.69, 9.17) is 0 Å². The molecule has 0 bridgehead atoms. The van der Waals surface area contributed by atoms with Gasteiger partial charge in [0.15, 0.2) is 0 Å². The van der Waals surface area contributed by atoms with Crippen molar-refractivity contribution in [2.24, 2.45) is 11.3 Å². The fourth-order valence-corrected chi connectivity index (χ4v) is 5.17. The number of aryl methyl sites for hydroxylation is 2. The lowest BCUT2D eigenvalue weighted by Gasteiger charge is -2.43. The number of nitrogens with zero attached hydrogens (tertiary/aromatic N) is 1. The van der Waals surface area contributed by atoms with Crippen molar-refractivity contribution in [3.05, 3.63) is 29.3 Å². The molecule has 1 aromatic rings. The average Bonchev–Trinajstić information content (AvgIpc) is 2.78. The largest absolute Gasteiger partial charge is 0.325 e. The van der Waals surface area contributed by atoms with Gasteiger partial charge in [0.25, 0.3) is 5.91 Å². The molecular formula is C22H31N3O3. The van der Waals surface area contributed by atoms with Crippen LogP contribution in [0.25, 0.3) is 0 Å². The van der Waals surface area contributed by atoms with E-state index in [0.717, 1.165) is 34.6 Å². The maximum Gasteiger partial charge on any atom is 0.325 e. The first-order valence-corrected chi connectivity index (χ1v) is 10.1. The van der Waals surface area contributed by atoms with Crippen molar-refractivity contribution in [3.63, 3.8) is 0 Å². The Morgan fingerprint density at radius 1 is 1.29 bits per heavy atom. The van der Waals surface area contributed by atoms with Crippen LogP contribution >= 0.6 is 0 Å². The quantitative estimate of drug-likeness (QED) is 0.777. The van der Waals surface area contributed by atoms with Crippen molar-refractivity contribution in [2.75, 3.05) is 11.9 Å². The van der Waals surface area contributed by atoms with E-state index in [2.05, 4.69) is 31.4 Å². The Hall–Kier alpha value is -2.37. The molecule has 6 nitrogen and oxygen atoms in total. The molecule has 3 rings (SSSR count). The molecule has 2 atom stereocenters. The summed E-state index contributed by atoms with van der Waals surface area (Å²) >= 11 is 0. The summed E-state index contributed by atoms with van der Waals surface area (Å²) < 4.78 is 0. The molecule has 2 aliphatic rings. The number of nitrogens with one attached hydrogen (secondary N) is 2. The predicted octanol–water partition coefficient (Wildman–Crippen LogP) is 3.63. The first kappa shape index (κ1) is 20.4. The zero-order chi connectivity index (χ0) is 20.7. The van der Waals surface area contributed by atoms with Crippen LogP contribution in [0.2, 0.25) is 0 Å². The number of carbonyl (C=O) groups is 3. The summed E-state index contributed by atoms with van der Waals surface area (Å²) in [5, 5.41) is 5.82. The summed E-state index contributed by atoms with van der Waals surface area (Å²) in [7, 11) is 0. The van der Waals surface area contributed by atoms with Gasteiger partial charge in [-0.2, -0.15) is 0 Å². The van der Waals surface area contributed by atoms with E-state index in [-0.39, 0.29) is 23.8 Å². The standard InChI is InChI=1S/C22H31N3O3/c1-6-16-9-7-8-15(3)18(16)23-17(26)12-25-19(27)22(24-20(25)28)11-14(2)10-21(4,5)13-22/h7-9,14H,6,10-13H2,1-5H3,(H,23,26)(H,24,28)/t14-,22-/m0/s1. The molecule has 4 amide bonds. The van der Waals surface area contributed by atoms with E-state index < -0.39 is 11.6 Å². The molecule has 2 fully saturated rings. The van der Waals surface area contributed by atoms with Gasteiger partial charge in [-0.15, -0.1) is 0 Å². The Balaban J connectivity index is 1.76. The number of hydrogen-bond donors (Lipinski definition) is 2. The second-order valence-corrected chi connectivity index (χ2v) is 9.27. The Labute approximate surface area is 167 Å². The van der Waals surface area contributed by atoms with Crippen molar-refractivity contribution in [1.29, 1.82) is 0 Å². The van der Waals surface area contributed by atoms with Crippen LogP contribution in [0.15, 0.2) is 18.2 Å². The fraction of sp³-hybridized carbons (Fsp3) is 0.591. The Kier molecular flexibility index (Phi) is 5.26. The summed E-state index contributed by atoms with van der Waals surface area (Å²) in [5.41, 5.74) is 1.85. The van der Waals surface area contributed by atoms with E-state index in [1.807, 2.05) is 32.0 Å². The van der Waals surface area contributed by atoms with Gasteiger partial charge < -0.3 is 10.6 Å². The molecular weight excluding hydrogens is 354 g/mol. The van der Waals surface area contributed by atoms with Crippen molar-refractivity contribution < 1.29 is 14.4 Å². The number of urea groups is 1. The molecule has 6 heteroatoms. The molecule has 1 spiro atoms. The van der Waals surface area contributed by atoms with Crippen LogP contribution in [0.1, 0.15) is 58.1 Å². The maximum atomic E-state index is 13.2. The molecule has 1 heterocycles. The third-order valence-corrected chi connectivity index (χ3v) is 5.93. The van der Waals surface area contributed by atoms with Crippen LogP contribution in [-0.4, -0.2) is 34.8 Å². The summed E-state index contributed by atoms with van der Waals surface area (Å²) in [6.07, 6.45) is 3.03. The van der Waals surface area contributed by atoms with Crippen LogP contribution in [0.3, 0.4) is 0 Å². The Bertz CT molecular complexity index is 817. The van der Waals surface area contributed by atoms with Gasteiger partial charge in [0.05, 0.1) is 0 Å². The number of anilines is 1. The Morgan fingerprint density at radius 2 is 2.00 bits per heavy atom. The summed E-state index contributed by atoms with van der Waals surface area (Å²) in [4.78, 5) is 39.5. The first-order valence-electron chi connectivity index (χ1n) is 10.1. The lowest BCUT2D eigenvalue weighted by Crippen LogP contribution is -2.54. The number of amides is 4. The molecule has 1 aromatic carbocycles. The lowest BCUT2D eigenvalue weighted by atomic mass is 9.64. The number of hydrogen-bond acceptors (Lipinski definition) is 3. The lowest BCUT2D eigenvalue weighted by molar-refractivity contribution is -0.136. The van der Waals surface area contributed by atoms with Crippen molar-refractivity contribution in [2.45, 2.75) is 65.8 Å². The van der Waals surface area contributed by atoms with E-state index in [1.54, 1.807) is 0 Å². The monoisotopic (exact) mass is 385 g/mol. The van der Waals surface area contributed by atoms with Gasteiger partial charge in [-0.25, -0.2) is 4.79 Å². The number of rotatable bonds is 4. The van der Waals surface area contributed by atoms with Crippen molar-refractivity contribution >= 4 is 23.5 Å². The third-order valence-electron chi connectivity index (χ3n) is 5.93. The number of benzene rings is 1. The highest BCUT2D eigenvalue weighted by Crippen LogP contribution is 2.46. The van der Waals surface area contributed by atoms with Gasteiger partial charge in [-0.3, -0.25) is 14.5 Å². The second kappa shape index (κ2) is 7.22. The highest BCUT2D eigenvalue weighted by molar-refractivity contribution is 6.10. The molecule has 152 valence electrons. The molecule has 2 N–H and O–H groups in total. The van der Waals surface area contributed by atoms with Crippen molar-refractivity contribution in [1.82, 2.24) is 10.2 Å². The molecule has 1 aliphatic carbocycles. The zero-order valence-electron chi connectivity index (χ0n) is 17.5. The molecule has 1 saturated carbocycles. The normalized spacial score (nSPS) is 26.5. The van der Waals surface area contributed by atoms with Gasteiger partial charge in [0, 0.05) is 5.69 Å². The van der Waals surface area contributed by atoms with E-state index >= 15 is 0 Å². The predicted molar refractivity (Wildman–Crippen MR) is 109 cm³/mol. The third kappa shape index (κ3) is 3.77. The molecule has 0 radical (unpaired) electrons. The highest BCUT2D eigenvalue weighted by atomic mass is 16.2. The second-order valence-electron chi connectivity index (χ2n) is 9.27. The molecule has 1 saturated heterocycles. The van der Waals surface area contributed by atoms with Gasteiger partial charge in [-0.1, -0.05) is 45.9 Å². The van der Waals surface area contributed by atoms with Gasteiger partial charge in [0.2, 0.25) is 5.91 Å². The minimum atomic E-state index is -0.879. The van der Waals surface area contributed by atoms with Crippen molar-refractivity contribution in [3.8, 4) is 0 Å². The number of imide groups is 1. The zero-order valence-corrected chi connectivity index (χ0v) is 17.5. The smallest absolute Gasteiger partial charge is 0.324 e. The summed E-state index contributed by atoms with van der Waals surface area (Å²) in [6.45, 7) is 10.1. The van der Waals surface area contributed by atoms with Crippen LogP contribution in [0.4, 0.5) is 10.5 Å². The number of para-hydroxylation sites is 1. The van der Waals surface area contributed by atoms with Crippen LogP contribution in [0, 0.1) is 18.3 Å². The van der Waals surface area contributed by atoms with Crippen LogP contribution < -0.4 is 10.6 Å².